The summed E-state index contributed by atoms with van der Waals surface area (Å²) in [6, 6.07) is 18.1. The standard InChI is InChI=1S/C21H24N2O4/c1-2-9-18(16-10-5-3-6-11-16)23-19(24)15-27-20(25)14-22-21(26)17-12-7-4-8-13-17/h3-8,10-13,18H,2,9,14-15H2,1H3,(H,22,26)(H,23,24)/t18-/m0/s1. The van der Waals surface area contributed by atoms with E-state index in [0.29, 0.717) is 5.56 Å². The Morgan fingerprint density at radius 3 is 2.22 bits per heavy atom. The molecular weight excluding hydrogens is 344 g/mol. The summed E-state index contributed by atoms with van der Waals surface area (Å²) < 4.78 is 4.94. The van der Waals surface area contributed by atoms with Gasteiger partial charge in [0.25, 0.3) is 11.8 Å². The second-order valence-corrected chi connectivity index (χ2v) is 6.03. The summed E-state index contributed by atoms with van der Waals surface area (Å²) in [6.07, 6.45) is 1.70. The van der Waals surface area contributed by atoms with Crippen LogP contribution in [0.3, 0.4) is 0 Å². The van der Waals surface area contributed by atoms with E-state index in [0.717, 1.165) is 18.4 Å². The lowest BCUT2D eigenvalue weighted by Crippen LogP contribution is -2.35. The Labute approximate surface area is 158 Å². The highest BCUT2D eigenvalue weighted by Gasteiger charge is 2.15. The van der Waals surface area contributed by atoms with Gasteiger partial charge in [-0.15, -0.1) is 0 Å². The number of carbonyl (C=O) groups is 3. The number of ether oxygens (including phenoxy) is 1. The van der Waals surface area contributed by atoms with E-state index in [1.165, 1.54) is 0 Å². The van der Waals surface area contributed by atoms with Gasteiger partial charge in [-0.2, -0.15) is 0 Å². The molecule has 2 amide bonds. The summed E-state index contributed by atoms with van der Waals surface area (Å²) >= 11 is 0. The molecule has 2 aromatic carbocycles. The van der Waals surface area contributed by atoms with Crippen LogP contribution in [0.4, 0.5) is 0 Å². The first-order valence-electron chi connectivity index (χ1n) is 8.93. The van der Waals surface area contributed by atoms with Gasteiger partial charge in [-0.1, -0.05) is 61.9 Å². The third-order valence-corrected chi connectivity index (χ3v) is 3.91. The van der Waals surface area contributed by atoms with Crippen molar-refractivity contribution in [3.05, 3.63) is 71.8 Å². The van der Waals surface area contributed by atoms with Crippen LogP contribution < -0.4 is 10.6 Å². The van der Waals surface area contributed by atoms with Crippen molar-refractivity contribution < 1.29 is 19.1 Å². The lowest BCUT2D eigenvalue weighted by Gasteiger charge is -2.18. The Balaban J connectivity index is 1.75. The van der Waals surface area contributed by atoms with Gasteiger partial charge in [0.15, 0.2) is 6.61 Å². The maximum atomic E-state index is 12.1. The van der Waals surface area contributed by atoms with E-state index in [1.54, 1.807) is 30.3 Å². The van der Waals surface area contributed by atoms with Crippen LogP contribution in [0.15, 0.2) is 60.7 Å². The number of nitrogens with one attached hydrogen (secondary N) is 2. The number of hydrogen-bond acceptors (Lipinski definition) is 4. The van der Waals surface area contributed by atoms with Crippen LogP contribution >= 0.6 is 0 Å². The van der Waals surface area contributed by atoms with Gasteiger partial charge in [0.2, 0.25) is 0 Å². The lowest BCUT2D eigenvalue weighted by molar-refractivity contribution is -0.147. The quantitative estimate of drug-likeness (QED) is 0.667. The van der Waals surface area contributed by atoms with Crippen molar-refractivity contribution in [1.29, 1.82) is 0 Å². The highest BCUT2D eigenvalue weighted by molar-refractivity contribution is 5.96. The Hall–Kier alpha value is -3.15. The van der Waals surface area contributed by atoms with Gasteiger partial charge in [0.1, 0.15) is 6.54 Å². The molecule has 0 aliphatic carbocycles. The molecule has 0 fully saturated rings. The minimum absolute atomic E-state index is 0.125. The van der Waals surface area contributed by atoms with Crippen molar-refractivity contribution >= 4 is 17.8 Å². The number of rotatable bonds is 9. The molecule has 0 spiro atoms. The van der Waals surface area contributed by atoms with Crippen LogP contribution in [-0.4, -0.2) is 30.9 Å². The molecule has 2 N–H and O–H groups in total. The van der Waals surface area contributed by atoms with Gasteiger partial charge in [0, 0.05) is 5.56 Å². The Kier molecular flexibility index (Phi) is 8.03. The van der Waals surface area contributed by atoms with E-state index in [4.69, 9.17) is 4.74 Å². The lowest BCUT2D eigenvalue weighted by atomic mass is 10.0. The topological polar surface area (TPSA) is 84.5 Å². The Morgan fingerprint density at radius 2 is 1.59 bits per heavy atom. The molecule has 0 bridgehead atoms. The van der Waals surface area contributed by atoms with Crippen LogP contribution in [-0.2, 0) is 14.3 Å². The maximum Gasteiger partial charge on any atom is 0.325 e. The first-order chi connectivity index (χ1) is 13.1. The van der Waals surface area contributed by atoms with Crippen LogP contribution in [0, 0.1) is 0 Å². The van der Waals surface area contributed by atoms with Crippen LogP contribution in [0.2, 0.25) is 0 Å². The molecule has 0 radical (unpaired) electrons. The first-order valence-corrected chi connectivity index (χ1v) is 8.93. The van der Waals surface area contributed by atoms with E-state index in [9.17, 15) is 14.4 Å². The SMILES string of the molecule is CCC[C@H](NC(=O)COC(=O)CNC(=O)c1ccccc1)c1ccccc1. The summed E-state index contributed by atoms with van der Waals surface area (Å²) in [5.41, 5.74) is 1.46. The minimum Gasteiger partial charge on any atom is -0.454 e. The van der Waals surface area contributed by atoms with Crippen molar-refractivity contribution in [3.8, 4) is 0 Å². The summed E-state index contributed by atoms with van der Waals surface area (Å²) in [4.78, 5) is 35.7. The molecule has 2 aromatic rings. The fourth-order valence-electron chi connectivity index (χ4n) is 2.57. The number of amides is 2. The van der Waals surface area contributed by atoms with Gasteiger partial charge in [-0.05, 0) is 24.1 Å². The molecule has 0 saturated heterocycles. The van der Waals surface area contributed by atoms with E-state index in [1.807, 2.05) is 37.3 Å². The van der Waals surface area contributed by atoms with Gasteiger partial charge >= 0.3 is 5.97 Å². The summed E-state index contributed by atoms with van der Waals surface area (Å²) in [6.45, 7) is 1.36. The molecule has 6 heteroatoms. The molecular formula is C21H24N2O4. The van der Waals surface area contributed by atoms with Gasteiger partial charge in [-0.25, -0.2) is 0 Å². The van der Waals surface area contributed by atoms with Crippen molar-refractivity contribution in [3.63, 3.8) is 0 Å². The zero-order valence-corrected chi connectivity index (χ0v) is 15.3. The van der Waals surface area contributed by atoms with E-state index in [2.05, 4.69) is 10.6 Å². The molecule has 0 unspecified atom stereocenters. The smallest absolute Gasteiger partial charge is 0.325 e. The van der Waals surface area contributed by atoms with Gasteiger partial charge < -0.3 is 15.4 Å². The van der Waals surface area contributed by atoms with Crippen LogP contribution in [0.1, 0.15) is 41.7 Å². The van der Waals surface area contributed by atoms with Gasteiger partial charge in [0.05, 0.1) is 6.04 Å². The van der Waals surface area contributed by atoms with Crippen molar-refractivity contribution in [2.75, 3.05) is 13.2 Å². The number of hydrogen-bond donors (Lipinski definition) is 2. The van der Waals surface area contributed by atoms with E-state index >= 15 is 0 Å². The average Bonchev–Trinajstić information content (AvgIpc) is 2.71. The third kappa shape index (κ3) is 6.93. The number of benzene rings is 2. The van der Waals surface area contributed by atoms with Crippen molar-refractivity contribution in [1.82, 2.24) is 10.6 Å². The number of esters is 1. The van der Waals surface area contributed by atoms with Crippen molar-refractivity contribution in [2.24, 2.45) is 0 Å². The number of carbonyl (C=O) groups excluding carboxylic acids is 3. The fourth-order valence-corrected chi connectivity index (χ4v) is 2.57. The molecule has 0 heterocycles. The molecule has 2 rings (SSSR count). The zero-order chi connectivity index (χ0) is 19.5. The van der Waals surface area contributed by atoms with E-state index in [-0.39, 0.29) is 31.0 Å². The molecule has 0 aromatic heterocycles. The minimum atomic E-state index is -0.666. The highest BCUT2D eigenvalue weighted by atomic mass is 16.5. The fraction of sp³-hybridized carbons (Fsp3) is 0.286. The first kappa shape index (κ1) is 20.2. The Morgan fingerprint density at radius 1 is 0.963 bits per heavy atom. The van der Waals surface area contributed by atoms with E-state index < -0.39 is 5.97 Å². The maximum absolute atomic E-state index is 12.1. The predicted molar refractivity (Wildman–Crippen MR) is 102 cm³/mol. The second-order valence-electron chi connectivity index (χ2n) is 6.03. The normalized spacial score (nSPS) is 11.3. The molecule has 27 heavy (non-hydrogen) atoms. The Bertz CT molecular complexity index is 747. The van der Waals surface area contributed by atoms with Crippen LogP contribution in [0.5, 0.6) is 0 Å². The molecule has 0 saturated carbocycles. The monoisotopic (exact) mass is 368 g/mol. The summed E-state index contributed by atoms with van der Waals surface area (Å²) in [5.74, 6) is -1.41. The average molecular weight is 368 g/mol. The van der Waals surface area contributed by atoms with Gasteiger partial charge in [-0.3, -0.25) is 14.4 Å². The molecule has 142 valence electrons. The molecule has 1 atom stereocenters. The largest absolute Gasteiger partial charge is 0.454 e. The molecule has 0 aliphatic rings. The zero-order valence-electron chi connectivity index (χ0n) is 15.3. The predicted octanol–water partition coefficient (Wildman–Crippen LogP) is 2.62. The van der Waals surface area contributed by atoms with Crippen LogP contribution in [0.25, 0.3) is 0 Å². The summed E-state index contributed by atoms with van der Waals surface area (Å²) in [5, 5.41) is 5.34. The highest BCUT2D eigenvalue weighted by Crippen LogP contribution is 2.17. The van der Waals surface area contributed by atoms with Crippen molar-refractivity contribution in [2.45, 2.75) is 25.8 Å². The molecule has 6 nitrogen and oxygen atoms in total. The summed E-state index contributed by atoms with van der Waals surface area (Å²) in [7, 11) is 0. The second kappa shape index (κ2) is 10.8. The third-order valence-electron chi connectivity index (χ3n) is 3.91. The molecule has 0 aliphatic heterocycles.